The molecule has 0 aromatic heterocycles. The van der Waals surface area contributed by atoms with Crippen molar-refractivity contribution >= 4 is 28.3 Å². The molecule has 2 rings (SSSR count). The summed E-state index contributed by atoms with van der Waals surface area (Å²) in [5, 5.41) is 3.41. The first-order valence-electron chi connectivity index (χ1n) is 4.55. The number of aryl methyl sites for hydroxylation is 1. The highest BCUT2D eigenvalue weighted by Crippen LogP contribution is 2.25. The number of nitrogens with two attached hydrogens (primary N) is 1. The summed E-state index contributed by atoms with van der Waals surface area (Å²) in [5.41, 5.74) is 9.63. The molecule has 1 aromatic rings. The molecule has 0 aliphatic carbocycles. The lowest BCUT2D eigenvalue weighted by Gasteiger charge is -2.09. The molecule has 70 valence electrons. The molecular weight excluding hydrogens is 275 g/mol. The van der Waals surface area contributed by atoms with Crippen LogP contribution in [0.4, 0.5) is 5.69 Å². The van der Waals surface area contributed by atoms with Crippen molar-refractivity contribution in [2.45, 2.75) is 19.4 Å². The number of halogens is 1. The average Bonchev–Trinajstić information content (AvgIpc) is 2.36. The number of fused-ring (bicyclic) bond motifs is 1. The summed E-state index contributed by atoms with van der Waals surface area (Å²) in [5.74, 6) is 0. The zero-order valence-corrected chi connectivity index (χ0v) is 9.60. The van der Waals surface area contributed by atoms with E-state index in [2.05, 4.69) is 34.0 Å². The molecule has 1 aromatic carbocycles. The highest BCUT2D eigenvalue weighted by atomic mass is 127. The van der Waals surface area contributed by atoms with Crippen LogP contribution in [0, 0.1) is 3.57 Å². The lowest BCUT2D eigenvalue weighted by atomic mass is 10.0. The molecule has 0 amide bonds. The van der Waals surface area contributed by atoms with Crippen molar-refractivity contribution in [1.29, 1.82) is 0 Å². The van der Waals surface area contributed by atoms with Gasteiger partial charge in [-0.25, -0.2) is 0 Å². The van der Waals surface area contributed by atoms with E-state index in [0.717, 1.165) is 18.8 Å². The van der Waals surface area contributed by atoms with Gasteiger partial charge in [0.05, 0.1) is 0 Å². The van der Waals surface area contributed by atoms with Crippen LogP contribution in [-0.2, 0) is 13.0 Å². The van der Waals surface area contributed by atoms with Gasteiger partial charge in [0, 0.05) is 15.8 Å². The van der Waals surface area contributed by atoms with Crippen LogP contribution < -0.4 is 11.1 Å². The fraction of sp³-hybridized carbons (Fsp3) is 0.400. The van der Waals surface area contributed by atoms with E-state index < -0.39 is 0 Å². The van der Waals surface area contributed by atoms with E-state index in [9.17, 15) is 0 Å². The average molecular weight is 288 g/mol. The Hall–Kier alpha value is -0.290. The summed E-state index contributed by atoms with van der Waals surface area (Å²) < 4.78 is 1.23. The van der Waals surface area contributed by atoms with E-state index in [1.54, 1.807) is 0 Å². The number of benzene rings is 1. The van der Waals surface area contributed by atoms with Crippen LogP contribution >= 0.6 is 22.6 Å². The molecule has 0 fully saturated rings. The number of hydrogen-bond acceptors (Lipinski definition) is 2. The van der Waals surface area contributed by atoms with Crippen LogP contribution in [0.25, 0.3) is 0 Å². The van der Waals surface area contributed by atoms with Crippen LogP contribution in [0.2, 0.25) is 0 Å². The molecule has 0 atom stereocenters. The maximum Gasteiger partial charge on any atom is 0.0453 e. The molecule has 0 spiro atoms. The van der Waals surface area contributed by atoms with Gasteiger partial charge in [-0.05, 0) is 59.2 Å². The molecule has 0 saturated carbocycles. The third-order valence-electron chi connectivity index (χ3n) is 2.47. The molecule has 0 unspecified atom stereocenters. The quantitative estimate of drug-likeness (QED) is 0.565. The Morgan fingerprint density at radius 3 is 3.08 bits per heavy atom. The van der Waals surface area contributed by atoms with Crippen molar-refractivity contribution in [3.8, 4) is 0 Å². The largest absolute Gasteiger partial charge is 0.398 e. The van der Waals surface area contributed by atoms with Gasteiger partial charge in [-0.2, -0.15) is 0 Å². The fourth-order valence-electron chi connectivity index (χ4n) is 1.72. The van der Waals surface area contributed by atoms with Crippen molar-refractivity contribution in [2.24, 2.45) is 0 Å². The summed E-state index contributed by atoms with van der Waals surface area (Å²) in [6, 6.07) is 4.19. The predicted octanol–water partition coefficient (Wildman–Crippen LogP) is 1.91. The number of nitrogen functional groups attached to an aromatic ring is 1. The summed E-state index contributed by atoms with van der Waals surface area (Å²) in [6.07, 6.45) is 2.41. The van der Waals surface area contributed by atoms with Crippen molar-refractivity contribution in [3.63, 3.8) is 0 Å². The monoisotopic (exact) mass is 288 g/mol. The van der Waals surface area contributed by atoms with E-state index >= 15 is 0 Å². The highest BCUT2D eigenvalue weighted by molar-refractivity contribution is 14.1. The molecule has 2 nitrogen and oxygen atoms in total. The minimum atomic E-state index is 0.906. The van der Waals surface area contributed by atoms with Crippen LogP contribution in [-0.4, -0.2) is 6.54 Å². The number of hydrogen-bond donors (Lipinski definition) is 2. The lowest BCUT2D eigenvalue weighted by molar-refractivity contribution is 0.680. The first-order valence-corrected chi connectivity index (χ1v) is 5.63. The zero-order chi connectivity index (χ0) is 9.26. The third kappa shape index (κ3) is 1.81. The predicted molar refractivity (Wildman–Crippen MR) is 63.6 cm³/mol. The van der Waals surface area contributed by atoms with Gasteiger partial charge in [0.15, 0.2) is 0 Å². The van der Waals surface area contributed by atoms with E-state index in [1.807, 2.05) is 6.07 Å². The molecule has 3 N–H and O–H groups in total. The SMILES string of the molecule is Nc1ccc2c(c1I)CNCCC2. The Bertz CT molecular complexity index is 323. The molecular formula is C10H13IN2. The van der Waals surface area contributed by atoms with Crippen LogP contribution in [0.15, 0.2) is 12.1 Å². The zero-order valence-electron chi connectivity index (χ0n) is 7.44. The molecule has 1 aliphatic heterocycles. The van der Waals surface area contributed by atoms with Crippen molar-refractivity contribution < 1.29 is 0 Å². The van der Waals surface area contributed by atoms with Gasteiger partial charge in [0.2, 0.25) is 0 Å². The van der Waals surface area contributed by atoms with Gasteiger partial charge in [-0.15, -0.1) is 0 Å². The van der Waals surface area contributed by atoms with E-state index in [1.165, 1.54) is 27.5 Å². The van der Waals surface area contributed by atoms with E-state index in [4.69, 9.17) is 5.73 Å². The second-order valence-corrected chi connectivity index (χ2v) is 4.47. The van der Waals surface area contributed by atoms with E-state index in [0.29, 0.717) is 0 Å². The van der Waals surface area contributed by atoms with Gasteiger partial charge in [0.25, 0.3) is 0 Å². The normalized spacial score (nSPS) is 16.4. The first kappa shape index (κ1) is 9.27. The van der Waals surface area contributed by atoms with Crippen molar-refractivity contribution in [1.82, 2.24) is 5.32 Å². The minimum absolute atomic E-state index is 0.906. The standard InChI is InChI=1S/C10H13IN2/c11-10-8-6-13-5-1-2-7(8)3-4-9(10)12/h3-4,13H,1-2,5-6,12H2. The molecule has 1 heterocycles. The summed E-state index contributed by atoms with van der Waals surface area (Å²) in [6.45, 7) is 2.09. The Balaban J connectivity index is 2.48. The van der Waals surface area contributed by atoms with Gasteiger partial charge in [-0.1, -0.05) is 6.07 Å². The second-order valence-electron chi connectivity index (χ2n) is 3.39. The summed E-state index contributed by atoms with van der Waals surface area (Å²) >= 11 is 2.34. The smallest absolute Gasteiger partial charge is 0.0453 e. The van der Waals surface area contributed by atoms with Crippen LogP contribution in [0.5, 0.6) is 0 Å². The number of nitrogens with one attached hydrogen (secondary N) is 1. The maximum atomic E-state index is 5.86. The van der Waals surface area contributed by atoms with Crippen molar-refractivity contribution in [3.05, 3.63) is 26.8 Å². The van der Waals surface area contributed by atoms with Crippen LogP contribution in [0.1, 0.15) is 17.5 Å². The number of rotatable bonds is 0. The Labute approximate surface area is 92.0 Å². The Kier molecular flexibility index (Phi) is 2.74. The third-order valence-corrected chi connectivity index (χ3v) is 3.75. The first-order chi connectivity index (χ1) is 6.29. The molecule has 13 heavy (non-hydrogen) atoms. The van der Waals surface area contributed by atoms with Gasteiger partial charge >= 0.3 is 0 Å². The minimum Gasteiger partial charge on any atom is -0.398 e. The maximum absolute atomic E-state index is 5.86. The molecule has 1 aliphatic rings. The Morgan fingerprint density at radius 1 is 1.38 bits per heavy atom. The lowest BCUT2D eigenvalue weighted by Crippen LogP contribution is -2.13. The topological polar surface area (TPSA) is 38.0 Å². The molecule has 3 heteroatoms. The fourth-order valence-corrected chi connectivity index (χ4v) is 2.44. The molecule has 0 saturated heterocycles. The second kappa shape index (κ2) is 3.84. The highest BCUT2D eigenvalue weighted by Gasteiger charge is 2.11. The van der Waals surface area contributed by atoms with Gasteiger partial charge in [0.1, 0.15) is 0 Å². The molecule has 0 bridgehead atoms. The number of anilines is 1. The molecule has 0 radical (unpaired) electrons. The van der Waals surface area contributed by atoms with Gasteiger partial charge in [-0.3, -0.25) is 0 Å². The Morgan fingerprint density at radius 2 is 2.23 bits per heavy atom. The van der Waals surface area contributed by atoms with Crippen LogP contribution in [0.3, 0.4) is 0 Å². The van der Waals surface area contributed by atoms with E-state index in [-0.39, 0.29) is 0 Å². The van der Waals surface area contributed by atoms with Crippen molar-refractivity contribution in [2.75, 3.05) is 12.3 Å². The summed E-state index contributed by atoms with van der Waals surface area (Å²) in [7, 11) is 0. The van der Waals surface area contributed by atoms with Gasteiger partial charge < -0.3 is 11.1 Å². The summed E-state index contributed by atoms with van der Waals surface area (Å²) in [4.78, 5) is 0.